The first-order valence-electron chi connectivity index (χ1n) is 9.27. The number of aliphatic hydroxyl groups is 1. The number of carbonyl (C=O) groups is 1. The second-order valence-electron chi connectivity index (χ2n) is 8.73. The number of ether oxygens (including phenoxy) is 1. The number of carboxylic acid groups (broad SMARTS) is 1. The van der Waals surface area contributed by atoms with Crippen molar-refractivity contribution < 1.29 is 19.7 Å². The van der Waals surface area contributed by atoms with E-state index < -0.39 is 11.4 Å². The first-order chi connectivity index (χ1) is 12.0. The van der Waals surface area contributed by atoms with Crippen molar-refractivity contribution in [3.8, 4) is 0 Å². The Hall–Kier alpha value is -1.65. The Morgan fingerprint density at radius 3 is 2.50 bits per heavy atom. The van der Waals surface area contributed by atoms with E-state index in [1.165, 1.54) is 17.2 Å². The topological polar surface area (TPSA) is 66.8 Å². The zero-order valence-corrected chi connectivity index (χ0v) is 16.5. The highest BCUT2D eigenvalue weighted by atomic mass is 16.5. The minimum absolute atomic E-state index is 0.0526. The molecule has 0 amide bonds. The second kappa shape index (κ2) is 5.93. The number of hydrogen-bond donors (Lipinski definition) is 2. The van der Waals surface area contributed by atoms with E-state index in [1.807, 2.05) is 13.0 Å². The molecule has 1 heterocycles. The van der Waals surface area contributed by atoms with E-state index in [1.54, 1.807) is 6.08 Å². The van der Waals surface area contributed by atoms with Crippen LogP contribution in [0, 0.1) is 22.2 Å². The molecule has 4 nitrogen and oxygen atoms in total. The molecule has 0 unspecified atom stereocenters. The molecule has 2 N–H and O–H groups in total. The maximum atomic E-state index is 11.2. The molecule has 0 aromatic heterocycles. The van der Waals surface area contributed by atoms with Gasteiger partial charge in [-0.15, -0.1) is 0 Å². The zero-order valence-electron chi connectivity index (χ0n) is 16.5. The molecule has 0 aromatic rings. The summed E-state index contributed by atoms with van der Waals surface area (Å²) < 4.78 is 6.55. The minimum atomic E-state index is -0.954. The van der Waals surface area contributed by atoms with Crippen LogP contribution < -0.4 is 0 Å². The van der Waals surface area contributed by atoms with Gasteiger partial charge in [0.15, 0.2) is 0 Å². The van der Waals surface area contributed by atoms with Crippen molar-refractivity contribution in [3.63, 3.8) is 0 Å². The Kier molecular flexibility index (Phi) is 4.36. The summed E-state index contributed by atoms with van der Waals surface area (Å²) in [5.41, 5.74) is 2.35. The molecule has 3 aliphatic rings. The van der Waals surface area contributed by atoms with Gasteiger partial charge in [-0.05, 0) is 31.9 Å². The monoisotopic (exact) mass is 358 g/mol. The number of aliphatic hydroxyl groups excluding tert-OH is 1. The molecule has 1 fully saturated rings. The molecule has 0 radical (unpaired) electrons. The molecule has 142 valence electrons. The Morgan fingerprint density at radius 2 is 1.96 bits per heavy atom. The van der Waals surface area contributed by atoms with Gasteiger partial charge in [-0.2, -0.15) is 0 Å². The molecular weight excluding hydrogens is 328 g/mol. The predicted octanol–water partition coefficient (Wildman–Crippen LogP) is 3.89. The lowest BCUT2D eigenvalue weighted by Crippen LogP contribution is -2.52. The Morgan fingerprint density at radius 1 is 1.31 bits per heavy atom. The van der Waals surface area contributed by atoms with Crippen molar-refractivity contribution in [2.45, 2.75) is 53.8 Å². The van der Waals surface area contributed by atoms with Crippen LogP contribution in [0.15, 0.2) is 47.1 Å². The van der Waals surface area contributed by atoms with Crippen molar-refractivity contribution in [3.05, 3.63) is 47.1 Å². The Bertz CT molecular complexity index is 758. The second-order valence-corrected chi connectivity index (χ2v) is 8.73. The summed E-state index contributed by atoms with van der Waals surface area (Å²) in [4.78, 5) is 11.2. The van der Waals surface area contributed by atoms with Crippen LogP contribution in [0.25, 0.3) is 0 Å². The van der Waals surface area contributed by atoms with Gasteiger partial charge in [0.1, 0.15) is 0 Å². The summed E-state index contributed by atoms with van der Waals surface area (Å²) in [7, 11) is 0. The van der Waals surface area contributed by atoms with E-state index in [4.69, 9.17) is 9.84 Å². The molecule has 0 aromatic carbocycles. The summed E-state index contributed by atoms with van der Waals surface area (Å²) in [5, 5.41) is 19.2. The zero-order chi connectivity index (χ0) is 19.5. The lowest BCUT2D eigenvalue weighted by molar-refractivity contribution is -0.131. The van der Waals surface area contributed by atoms with E-state index in [-0.39, 0.29) is 35.6 Å². The van der Waals surface area contributed by atoms with Crippen molar-refractivity contribution in [1.29, 1.82) is 0 Å². The van der Waals surface area contributed by atoms with E-state index in [0.717, 1.165) is 5.57 Å². The normalized spacial score (nSPS) is 44.9. The average molecular weight is 358 g/mol. The largest absolute Gasteiger partial charge is 0.478 e. The van der Waals surface area contributed by atoms with Gasteiger partial charge < -0.3 is 14.9 Å². The van der Waals surface area contributed by atoms with Crippen LogP contribution in [-0.4, -0.2) is 35.0 Å². The lowest BCUT2D eigenvalue weighted by Gasteiger charge is -2.52. The highest BCUT2D eigenvalue weighted by Gasteiger charge is 2.71. The molecule has 1 saturated heterocycles. The number of rotatable bonds is 4. The predicted molar refractivity (Wildman–Crippen MR) is 102 cm³/mol. The Balaban J connectivity index is 2.24. The fourth-order valence-electron chi connectivity index (χ4n) is 6.13. The molecule has 0 spiro atoms. The third-order valence-corrected chi connectivity index (χ3v) is 7.20. The van der Waals surface area contributed by atoms with Crippen molar-refractivity contribution in [2.75, 3.05) is 6.61 Å². The molecule has 0 saturated carbocycles. The van der Waals surface area contributed by atoms with Gasteiger partial charge in [0, 0.05) is 28.2 Å². The third kappa shape index (κ3) is 2.25. The molecule has 6 atom stereocenters. The maximum Gasteiger partial charge on any atom is 0.328 e. The van der Waals surface area contributed by atoms with Gasteiger partial charge in [-0.25, -0.2) is 4.79 Å². The van der Waals surface area contributed by atoms with Crippen LogP contribution in [0.4, 0.5) is 0 Å². The van der Waals surface area contributed by atoms with Crippen molar-refractivity contribution >= 4 is 5.97 Å². The first-order valence-corrected chi connectivity index (χ1v) is 9.27. The van der Waals surface area contributed by atoms with E-state index in [0.29, 0.717) is 0 Å². The van der Waals surface area contributed by atoms with Gasteiger partial charge in [0.2, 0.25) is 0 Å². The van der Waals surface area contributed by atoms with Gasteiger partial charge in [-0.3, -0.25) is 0 Å². The highest BCUT2D eigenvalue weighted by molar-refractivity contribution is 5.80. The van der Waals surface area contributed by atoms with Crippen LogP contribution in [0.5, 0.6) is 0 Å². The first kappa shape index (κ1) is 19.1. The molecule has 0 bridgehead atoms. The highest BCUT2D eigenvalue weighted by Crippen LogP contribution is 2.71. The van der Waals surface area contributed by atoms with Gasteiger partial charge in [0.05, 0.1) is 18.8 Å². The van der Waals surface area contributed by atoms with E-state index in [9.17, 15) is 9.90 Å². The van der Waals surface area contributed by atoms with E-state index >= 15 is 0 Å². The van der Waals surface area contributed by atoms with Crippen LogP contribution >= 0.6 is 0 Å². The molecular formula is C22H30O4. The van der Waals surface area contributed by atoms with Crippen LogP contribution in [0.2, 0.25) is 0 Å². The summed E-state index contributed by atoms with van der Waals surface area (Å²) in [5.74, 6) is -0.837. The van der Waals surface area contributed by atoms with Gasteiger partial charge in [-0.1, -0.05) is 50.6 Å². The van der Waals surface area contributed by atoms with Crippen LogP contribution in [-0.2, 0) is 9.53 Å². The summed E-state index contributed by atoms with van der Waals surface area (Å²) >= 11 is 0. The molecule has 3 rings (SSSR count). The van der Waals surface area contributed by atoms with Gasteiger partial charge >= 0.3 is 5.97 Å². The van der Waals surface area contributed by atoms with Crippen LogP contribution in [0.3, 0.4) is 0 Å². The molecule has 4 heteroatoms. The molecule has 26 heavy (non-hydrogen) atoms. The standard InChI is InChI=1S/C22H30O4/c1-7-13(2)18-21(5)10-14(3)17-20(4,9-8-16(24)25)11-15(12-23)19(26-18)22(17,21)6/h7-11,17-19,23H,12H2,1-6H3,(H,24,25)/b9-8-,13-7-/t17-,18-,19+,20-,21+,22-/m1/s1. The number of allylic oxidation sites excluding steroid dienone is 4. The van der Waals surface area contributed by atoms with Crippen LogP contribution in [0.1, 0.15) is 41.5 Å². The number of hydrogen-bond acceptors (Lipinski definition) is 3. The van der Waals surface area contributed by atoms with Gasteiger partial charge in [0.25, 0.3) is 0 Å². The minimum Gasteiger partial charge on any atom is -0.478 e. The van der Waals surface area contributed by atoms with E-state index in [2.05, 4.69) is 46.8 Å². The molecule has 2 aliphatic carbocycles. The Labute approximate surface area is 155 Å². The summed E-state index contributed by atoms with van der Waals surface area (Å²) in [6.07, 6.45) is 9.22. The fraction of sp³-hybridized carbons (Fsp3) is 0.591. The SMILES string of the molecule is C/C=C(/C)[C@H]1O[C@H]2C(CO)=C[C@@](C)(/C=C\C(=O)O)[C@H]3C(C)=C[C@]1(C)[C@@]23C. The number of aliphatic carboxylic acids is 1. The summed E-state index contributed by atoms with van der Waals surface area (Å²) in [6.45, 7) is 12.7. The fourth-order valence-corrected chi connectivity index (χ4v) is 6.13. The summed E-state index contributed by atoms with van der Waals surface area (Å²) in [6, 6.07) is 0. The van der Waals surface area contributed by atoms with Crippen molar-refractivity contribution in [1.82, 2.24) is 0 Å². The maximum absolute atomic E-state index is 11.2. The average Bonchev–Trinajstić information content (AvgIpc) is 2.92. The third-order valence-electron chi connectivity index (χ3n) is 7.20. The number of carboxylic acids is 1. The smallest absolute Gasteiger partial charge is 0.328 e. The molecule has 1 aliphatic heterocycles. The van der Waals surface area contributed by atoms with Crippen molar-refractivity contribution in [2.24, 2.45) is 22.2 Å². The quantitative estimate of drug-likeness (QED) is 0.591. The lowest BCUT2D eigenvalue weighted by atomic mass is 9.50.